The molecular formula is C14H4O6. The van der Waals surface area contributed by atoms with E-state index in [1.165, 1.54) is 24.3 Å². The fraction of sp³-hybridized carbons (Fsp3) is 0. The Bertz CT molecular complexity index is 1040. The van der Waals surface area contributed by atoms with Crippen LogP contribution in [-0.2, 0) is 4.74 Å². The Labute approximate surface area is 109 Å². The summed E-state index contributed by atoms with van der Waals surface area (Å²) in [4.78, 5) is 47.4. The number of cyclic esters (lactones) is 2. The number of esters is 2. The normalized spacial score (nSPS) is 14.0. The molecule has 6 heteroatoms. The van der Waals surface area contributed by atoms with E-state index in [1.807, 2.05) is 0 Å². The molecule has 0 unspecified atom stereocenters. The average molecular weight is 268 g/mol. The van der Waals surface area contributed by atoms with Crippen molar-refractivity contribution >= 4 is 33.5 Å². The Morgan fingerprint density at radius 2 is 1.45 bits per heavy atom. The molecule has 2 heterocycles. The molecule has 1 aliphatic rings. The first-order valence-corrected chi connectivity index (χ1v) is 5.69. The summed E-state index contributed by atoms with van der Waals surface area (Å²) in [7, 11) is 0. The summed E-state index contributed by atoms with van der Waals surface area (Å²) >= 11 is 0. The Balaban J connectivity index is 2.47. The number of ether oxygens (including phenoxy) is 1. The van der Waals surface area contributed by atoms with Crippen LogP contribution < -0.4 is 11.3 Å². The summed E-state index contributed by atoms with van der Waals surface area (Å²) in [6, 6.07) is 5.60. The Morgan fingerprint density at radius 3 is 2.25 bits per heavy atom. The summed E-state index contributed by atoms with van der Waals surface area (Å²) in [5.74, 6) is -1.80. The number of fused-ring (bicyclic) bond motifs is 4. The van der Waals surface area contributed by atoms with Gasteiger partial charge in [-0.15, -0.1) is 0 Å². The van der Waals surface area contributed by atoms with Crippen LogP contribution in [0.5, 0.6) is 0 Å². The molecule has 96 valence electrons. The van der Waals surface area contributed by atoms with Gasteiger partial charge < -0.3 is 9.15 Å². The molecule has 20 heavy (non-hydrogen) atoms. The van der Waals surface area contributed by atoms with Crippen molar-refractivity contribution in [2.45, 2.75) is 0 Å². The van der Waals surface area contributed by atoms with Crippen LogP contribution in [0.2, 0.25) is 0 Å². The van der Waals surface area contributed by atoms with Crippen LogP contribution in [0.3, 0.4) is 0 Å². The predicted octanol–water partition coefficient (Wildman–Crippen LogP) is 1.05. The maximum absolute atomic E-state index is 11.9. The number of benzene rings is 2. The first kappa shape index (κ1) is 10.9. The minimum absolute atomic E-state index is 0.0607. The average Bonchev–Trinajstić information content (AvgIpc) is 2.53. The molecule has 0 saturated heterocycles. The Kier molecular flexibility index (Phi) is 1.79. The quantitative estimate of drug-likeness (QED) is 0.447. The third-order valence-electron chi connectivity index (χ3n) is 3.36. The molecule has 0 aliphatic carbocycles. The number of hydrogen-bond acceptors (Lipinski definition) is 6. The topological polar surface area (TPSA) is 90.7 Å². The molecule has 4 rings (SSSR count). The third-order valence-corrected chi connectivity index (χ3v) is 3.36. The summed E-state index contributed by atoms with van der Waals surface area (Å²) in [5.41, 5.74) is -1.81. The van der Waals surface area contributed by atoms with E-state index in [4.69, 9.17) is 0 Å². The molecule has 0 N–H and O–H groups in total. The van der Waals surface area contributed by atoms with Crippen molar-refractivity contribution in [2.75, 3.05) is 0 Å². The zero-order valence-corrected chi connectivity index (χ0v) is 9.76. The van der Waals surface area contributed by atoms with Gasteiger partial charge in [0, 0.05) is 0 Å². The van der Waals surface area contributed by atoms with Gasteiger partial charge in [0.1, 0.15) is 0 Å². The Morgan fingerprint density at radius 1 is 0.700 bits per heavy atom. The van der Waals surface area contributed by atoms with Crippen LogP contribution in [0, 0.1) is 0 Å². The lowest BCUT2D eigenvalue weighted by atomic mass is 9.98. The Hall–Kier alpha value is -3.02. The summed E-state index contributed by atoms with van der Waals surface area (Å²) in [6.07, 6.45) is 0. The molecule has 0 fully saturated rings. The SMILES string of the molecule is O=C1OC(=O)c2cc3cc1cc1c(=O)oc(=O)c2cc31. The van der Waals surface area contributed by atoms with Gasteiger partial charge in [0.2, 0.25) is 0 Å². The number of rotatable bonds is 0. The van der Waals surface area contributed by atoms with Crippen LogP contribution in [0.1, 0.15) is 20.7 Å². The zero-order valence-electron chi connectivity index (χ0n) is 9.76. The van der Waals surface area contributed by atoms with E-state index in [2.05, 4.69) is 9.15 Å². The van der Waals surface area contributed by atoms with Crippen molar-refractivity contribution in [3.8, 4) is 0 Å². The van der Waals surface area contributed by atoms with Crippen LogP contribution in [0.4, 0.5) is 0 Å². The van der Waals surface area contributed by atoms with Gasteiger partial charge in [-0.05, 0) is 35.0 Å². The van der Waals surface area contributed by atoms with Gasteiger partial charge in [-0.2, -0.15) is 0 Å². The van der Waals surface area contributed by atoms with Crippen molar-refractivity contribution < 1.29 is 18.7 Å². The molecule has 1 aromatic heterocycles. The van der Waals surface area contributed by atoms with Crippen LogP contribution in [-0.4, -0.2) is 11.9 Å². The molecule has 6 nitrogen and oxygen atoms in total. The summed E-state index contributed by atoms with van der Waals surface area (Å²) in [5, 5.41) is 0.984. The smallest absolute Gasteiger partial charge is 0.346 e. The monoisotopic (exact) mass is 268 g/mol. The molecule has 0 amide bonds. The number of hydrogen-bond donors (Lipinski definition) is 0. The van der Waals surface area contributed by atoms with Crippen molar-refractivity contribution in [3.63, 3.8) is 0 Å². The highest BCUT2D eigenvalue weighted by Gasteiger charge is 2.24. The zero-order chi connectivity index (χ0) is 14.0. The minimum atomic E-state index is -0.938. The second-order valence-corrected chi connectivity index (χ2v) is 4.50. The van der Waals surface area contributed by atoms with Gasteiger partial charge in [0.05, 0.1) is 21.9 Å². The molecule has 0 atom stereocenters. The standard InChI is InChI=1S/C14H4O6/c15-11-6-1-5-2-9(13(17)19-11)10-4-7(5)8(3-6)12(16)20-14(10)18/h1-4H. The van der Waals surface area contributed by atoms with Crippen molar-refractivity contribution in [3.05, 3.63) is 56.2 Å². The van der Waals surface area contributed by atoms with E-state index in [-0.39, 0.29) is 21.9 Å². The molecule has 3 aromatic rings. The highest BCUT2D eigenvalue weighted by molar-refractivity contribution is 6.15. The van der Waals surface area contributed by atoms with E-state index in [0.717, 1.165) is 0 Å². The van der Waals surface area contributed by atoms with Gasteiger partial charge in [0.25, 0.3) is 0 Å². The molecule has 1 aliphatic heterocycles. The van der Waals surface area contributed by atoms with E-state index in [9.17, 15) is 19.2 Å². The second kappa shape index (κ2) is 3.30. The van der Waals surface area contributed by atoms with Crippen molar-refractivity contribution in [1.82, 2.24) is 0 Å². The van der Waals surface area contributed by atoms with Gasteiger partial charge >= 0.3 is 23.2 Å². The third kappa shape index (κ3) is 1.22. The molecule has 5 bridgehead atoms. The van der Waals surface area contributed by atoms with E-state index < -0.39 is 23.2 Å². The predicted molar refractivity (Wildman–Crippen MR) is 67.2 cm³/mol. The lowest BCUT2D eigenvalue weighted by Gasteiger charge is -2.10. The molecule has 0 radical (unpaired) electrons. The number of carbonyl (C=O) groups excluding carboxylic acids is 2. The maximum Gasteiger partial charge on any atom is 0.346 e. The van der Waals surface area contributed by atoms with E-state index >= 15 is 0 Å². The molecule has 0 saturated carbocycles. The second-order valence-electron chi connectivity index (χ2n) is 4.50. The molecule has 0 spiro atoms. The maximum atomic E-state index is 11.9. The van der Waals surface area contributed by atoms with Crippen molar-refractivity contribution in [2.24, 2.45) is 0 Å². The fourth-order valence-electron chi connectivity index (χ4n) is 2.43. The minimum Gasteiger partial charge on any atom is -0.386 e. The highest BCUT2D eigenvalue weighted by atomic mass is 16.6. The van der Waals surface area contributed by atoms with Gasteiger partial charge in [-0.3, -0.25) is 0 Å². The van der Waals surface area contributed by atoms with Gasteiger partial charge in [-0.25, -0.2) is 19.2 Å². The van der Waals surface area contributed by atoms with Crippen LogP contribution in [0.25, 0.3) is 21.5 Å². The van der Waals surface area contributed by atoms with Crippen LogP contribution in [0.15, 0.2) is 38.3 Å². The molecule has 2 aromatic carbocycles. The van der Waals surface area contributed by atoms with E-state index in [1.54, 1.807) is 0 Å². The first-order valence-electron chi connectivity index (χ1n) is 5.69. The fourth-order valence-corrected chi connectivity index (χ4v) is 2.43. The van der Waals surface area contributed by atoms with Crippen molar-refractivity contribution in [1.29, 1.82) is 0 Å². The lowest BCUT2D eigenvalue weighted by Crippen LogP contribution is -2.16. The lowest BCUT2D eigenvalue weighted by molar-refractivity contribution is 0.0398. The van der Waals surface area contributed by atoms with E-state index in [0.29, 0.717) is 10.8 Å². The van der Waals surface area contributed by atoms with Gasteiger partial charge in [-0.1, -0.05) is 0 Å². The number of carbonyl (C=O) groups is 2. The first-order chi connectivity index (χ1) is 9.54. The summed E-state index contributed by atoms with van der Waals surface area (Å²) < 4.78 is 9.32. The van der Waals surface area contributed by atoms with Crippen LogP contribution >= 0.6 is 0 Å². The summed E-state index contributed by atoms with van der Waals surface area (Å²) in [6.45, 7) is 0. The van der Waals surface area contributed by atoms with Gasteiger partial charge in [0.15, 0.2) is 0 Å². The largest absolute Gasteiger partial charge is 0.386 e. The molecular weight excluding hydrogens is 264 g/mol. The highest BCUT2D eigenvalue weighted by Crippen LogP contribution is 2.27.